The van der Waals surface area contributed by atoms with Crippen LogP contribution in [0.2, 0.25) is 0 Å². The van der Waals surface area contributed by atoms with Crippen molar-refractivity contribution in [2.24, 2.45) is 5.92 Å². The molecule has 8 heteroatoms. The van der Waals surface area contributed by atoms with E-state index < -0.39 is 0 Å². The minimum Gasteiger partial charge on any atom is -0.497 e. The van der Waals surface area contributed by atoms with Crippen LogP contribution in [-0.4, -0.2) is 35.3 Å². The number of aromatic amines is 1. The molecular formula is C25H27N5O3. The van der Waals surface area contributed by atoms with E-state index in [1.807, 2.05) is 67.6 Å². The molecule has 0 saturated heterocycles. The molecule has 8 nitrogen and oxygen atoms in total. The SMILES string of the molecule is COc1ccc(C)nc1Nc1n[nH]c2ccccc12.COc1ccc(NC(=O)C2CC2)cc1. The quantitative estimate of drug-likeness (QED) is 0.383. The van der Waals surface area contributed by atoms with E-state index in [2.05, 4.69) is 25.8 Å². The number of methoxy groups -OCH3 is 2. The molecule has 2 aromatic carbocycles. The largest absolute Gasteiger partial charge is 0.497 e. The predicted octanol–water partition coefficient (Wildman–Crippen LogP) is 5.06. The van der Waals surface area contributed by atoms with Crippen molar-refractivity contribution in [2.75, 3.05) is 24.9 Å². The van der Waals surface area contributed by atoms with Crippen molar-refractivity contribution in [2.45, 2.75) is 19.8 Å². The normalized spacial score (nSPS) is 12.5. The highest BCUT2D eigenvalue weighted by atomic mass is 16.5. The summed E-state index contributed by atoms with van der Waals surface area (Å²) in [5.74, 6) is 3.28. The summed E-state index contributed by atoms with van der Waals surface area (Å²) in [5.41, 5.74) is 2.74. The lowest BCUT2D eigenvalue weighted by Crippen LogP contribution is -2.12. The zero-order valence-electron chi connectivity index (χ0n) is 18.9. The lowest BCUT2D eigenvalue weighted by atomic mass is 10.2. The van der Waals surface area contributed by atoms with E-state index in [1.54, 1.807) is 14.2 Å². The summed E-state index contributed by atoms with van der Waals surface area (Å²) >= 11 is 0. The molecule has 0 spiro atoms. The molecule has 0 radical (unpaired) electrons. The Morgan fingerprint density at radius 2 is 1.73 bits per heavy atom. The smallest absolute Gasteiger partial charge is 0.227 e. The van der Waals surface area contributed by atoms with Crippen molar-refractivity contribution in [3.05, 3.63) is 66.4 Å². The molecule has 0 bridgehead atoms. The number of aromatic nitrogens is 3. The first kappa shape index (κ1) is 22.1. The maximum atomic E-state index is 11.4. The number of anilines is 3. The van der Waals surface area contributed by atoms with Crippen molar-refractivity contribution < 1.29 is 14.3 Å². The average molecular weight is 446 g/mol. The number of aryl methyl sites for hydroxylation is 1. The van der Waals surface area contributed by atoms with Gasteiger partial charge in [0.25, 0.3) is 0 Å². The van der Waals surface area contributed by atoms with Gasteiger partial charge in [-0.25, -0.2) is 4.98 Å². The summed E-state index contributed by atoms with van der Waals surface area (Å²) in [6.07, 6.45) is 2.06. The van der Waals surface area contributed by atoms with Crippen molar-refractivity contribution in [1.29, 1.82) is 0 Å². The number of nitrogens with one attached hydrogen (secondary N) is 3. The summed E-state index contributed by atoms with van der Waals surface area (Å²) in [6, 6.07) is 19.1. The Hall–Kier alpha value is -4.07. The fraction of sp³-hybridized carbons (Fsp3) is 0.240. The van der Waals surface area contributed by atoms with Crippen molar-refractivity contribution in [1.82, 2.24) is 15.2 Å². The van der Waals surface area contributed by atoms with Gasteiger partial charge in [-0.05, 0) is 68.3 Å². The molecule has 1 aliphatic rings. The van der Waals surface area contributed by atoms with Gasteiger partial charge in [-0.1, -0.05) is 12.1 Å². The molecule has 0 unspecified atom stereocenters. The summed E-state index contributed by atoms with van der Waals surface area (Å²) in [4.78, 5) is 15.8. The van der Waals surface area contributed by atoms with Gasteiger partial charge in [-0.15, -0.1) is 0 Å². The molecule has 5 rings (SSSR count). The lowest BCUT2D eigenvalue weighted by Gasteiger charge is -2.09. The second-order valence-electron chi connectivity index (χ2n) is 7.74. The van der Waals surface area contributed by atoms with Gasteiger partial charge in [0, 0.05) is 22.7 Å². The Kier molecular flexibility index (Phi) is 6.73. The molecule has 1 amide bonds. The second kappa shape index (κ2) is 10.0. The first-order chi connectivity index (χ1) is 16.1. The van der Waals surface area contributed by atoms with Gasteiger partial charge in [0.1, 0.15) is 5.75 Å². The second-order valence-corrected chi connectivity index (χ2v) is 7.74. The topological polar surface area (TPSA) is 101 Å². The Morgan fingerprint density at radius 1 is 0.970 bits per heavy atom. The first-order valence-electron chi connectivity index (χ1n) is 10.7. The van der Waals surface area contributed by atoms with Crippen molar-refractivity contribution >= 4 is 34.1 Å². The fourth-order valence-corrected chi connectivity index (χ4v) is 3.23. The van der Waals surface area contributed by atoms with Crippen LogP contribution >= 0.6 is 0 Å². The number of para-hydroxylation sites is 1. The number of hydrogen-bond acceptors (Lipinski definition) is 6. The van der Waals surface area contributed by atoms with Crippen LogP contribution in [-0.2, 0) is 4.79 Å². The zero-order valence-corrected chi connectivity index (χ0v) is 18.9. The number of H-pyrrole nitrogens is 1. The van der Waals surface area contributed by atoms with Crippen LogP contribution in [0.25, 0.3) is 10.9 Å². The third kappa shape index (κ3) is 5.60. The third-order valence-electron chi connectivity index (χ3n) is 5.23. The molecule has 3 N–H and O–H groups in total. The van der Waals surface area contributed by atoms with Gasteiger partial charge in [-0.2, -0.15) is 5.10 Å². The van der Waals surface area contributed by atoms with E-state index in [9.17, 15) is 4.79 Å². The first-order valence-corrected chi connectivity index (χ1v) is 10.7. The molecule has 33 heavy (non-hydrogen) atoms. The standard InChI is InChI=1S/C14H14N4O.C11H13NO2/c1-9-7-8-12(19-2)14(15-9)16-13-10-5-3-4-6-11(10)17-18-13;1-14-10-6-4-9(5-7-10)12-11(13)8-2-3-8/h3-8H,1-2H3,(H2,15,16,17,18);4-8H,2-3H2,1H3,(H,12,13). The highest BCUT2D eigenvalue weighted by Gasteiger charge is 2.29. The molecule has 1 aliphatic carbocycles. The van der Waals surface area contributed by atoms with Gasteiger partial charge < -0.3 is 20.1 Å². The van der Waals surface area contributed by atoms with E-state index >= 15 is 0 Å². The summed E-state index contributed by atoms with van der Waals surface area (Å²) in [6.45, 7) is 1.94. The molecule has 1 fully saturated rings. The van der Waals surface area contributed by atoms with Gasteiger partial charge in [0.05, 0.1) is 19.7 Å². The van der Waals surface area contributed by atoms with Crippen LogP contribution < -0.4 is 20.1 Å². The Balaban J connectivity index is 0.000000165. The molecule has 0 aliphatic heterocycles. The number of carbonyl (C=O) groups is 1. The van der Waals surface area contributed by atoms with E-state index in [4.69, 9.17) is 9.47 Å². The Labute approximate surface area is 192 Å². The number of ether oxygens (including phenoxy) is 2. The van der Waals surface area contributed by atoms with Gasteiger partial charge in [-0.3, -0.25) is 9.89 Å². The van der Waals surface area contributed by atoms with Crippen LogP contribution in [0.1, 0.15) is 18.5 Å². The average Bonchev–Trinajstić information content (AvgIpc) is 3.62. The number of fused-ring (bicyclic) bond motifs is 1. The third-order valence-corrected chi connectivity index (χ3v) is 5.23. The Morgan fingerprint density at radius 3 is 2.42 bits per heavy atom. The fourth-order valence-electron chi connectivity index (χ4n) is 3.23. The number of amides is 1. The minimum absolute atomic E-state index is 0.134. The molecular weight excluding hydrogens is 418 g/mol. The van der Waals surface area contributed by atoms with Gasteiger partial charge in [0.2, 0.25) is 5.91 Å². The van der Waals surface area contributed by atoms with Crippen LogP contribution in [0, 0.1) is 12.8 Å². The molecule has 2 aromatic heterocycles. The number of benzene rings is 2. The molecule has 4 aromatic rings. The van der Waals surface area contributed by atoms with Gasteiger partial charge >= 0.3 is 0 Å². The van der Waals surface area contributed by atoms with E-state index in [1.165, 1.54) is 0 Å². The highest BCUT2D eigenvalue weighted by molar-refractivity contribution is 5.94. The van der Waals surface area contributed by atoms with Crippen LogP contribution in [0.5, 0.6) is 11.5 Å². The number of nitrogens with zero attached hydrogens (tertiary/aromatic N) is 2. The summed E-state index contributed by atoms with van der Waals surface area (Å²) in [5, 5.41) is 14.3. The number of rotatable bonds is 6. The molecule has 1 saturated carbocycles. The van der Waals surface area contributed by atoms with Gasteiger partial charge in [0.15, 0.2) is 17.4 Å². The number of carbonyl (C=O) groups excluding carboxylic acids is 1. The van der Waals surface area contributed by atoms with E-state index in [0.29, 0.717) is 11.6 Å². The maximum absolute atomic E-state index is 11.4. The zero-order chi connectivity index (χ0) is 23.2. The van der Waals surface area contributed by atoms with Crippen LogP contribution in [0.4, 0.5) is 17.3 Å². The van der Waals surface area contributed by atoms with Crippen molar-refractivity contribution in [3.8, 4) is 11.5 Å². The van der Waals surface area contributed by atoms with Crippen molar-refractivity contribution in [3.63, 3.8) is 0 Å². The lowest BCUT2D eigenvalue weighted by molar-refractivity contribution is -0.117. The Bertz CT molecular complexity index is 1230. The molecule has 0 atom stereocenters. The summed E-state index contributed by atoms with van der Waals surface area (Å²) < 4.78 is 10.3. The number of pyridine rings is 1. The van der Waals surface area contributed by atoms with E-state index in [0.717, 1.165) is 46.7 Å². The van der Waals surface area contributed by atoms with Crippen LogP contribution in [0.15, 0.2) is 60.7 Å². The monoisotopic (exact) mass is 445 g/mol. The molecule has 170 valence electrons. The maximum Gasteiger partial charge on any atom is 0.227 e. The van der Waals surface area contributed by atoms with Crippen LogP contribution in [0.3, 0.4) is 0 Å². The molecule has 2 heterocycles. The number of hydrogen-bond donors (Lipinski definition) is 3. The summed E-state index contributed by atoms with van der Waals surface area (Å²) in [7, 11) is 3.25. The highest BCUT2D eigenvalue weighted by Crippen LogP contribution is 2.30. The predicted molar refractivity (Wildman–Crippen MR) is 129 cm³/mol. The van der Waals surface area contributed by atoms with E-state index in [-0.39, 0.29) is 11.8 Å². The minimum atomic E-state index is 0.134.